The summed E-state index contributed by atoms with van der Waals surface area (Å²) in [4.78, 5) is 9.09. The van der Waals surface area contributed by atoms with E-state index in [0.29, 0.717) is 0 Å². The molecule has 2 heterocycles. The fraction of sp³-hybridized carbons (Fsp3) is 0.733. The summed E-state index contributed by atoms with van der Waals surface area (Å²) in [5, 5.41) is 7.58. The highest BCUT2D eigenvalue weighted by Crippen LogP contribution is 2.25. The van der Waals surface area contributed by atoms with E-state index >= 15 is 0 Å². The molecule has 1 fully saturated rings. The van der Waals surface area contributed by atoms with E-state index in [1.165, 1.54) is 25.0 Å². The first-order valence-electron chi connectivity index (χ1n) is 7.79. The molecule has 0 saturated carbocycles. The number of rotatable bonds is 7. The van der Waals surface area contributed by atoms with Crippen molar-refractivity contribution in [2.75, 3.05) is 29.5 Å². The minimum atomic E-state index is 0.732. The first-order valence-corrected chi connectivity index (χ1v) is 8.84. The summed E-state index contributed by atoms with van der Waals surface area (Å²) in [6, 6.07) is 2.03. The van der Waals surface area contributed by atoms with E-state index in [2.05, 4.69) is 46.2 Å². The van der Waals surface area contributed by atoms with Crippen LogP contribution >= 0.6 is 11.8 Å². The van der Waals surface area contributed by atoms with Crippen LogP contribution in [0, 0.1) is 0 Å². The molecule has 2 rings (SSSR count). The number of nitrogens with zero attached hydrogens (tertiary/aromatic N) is 2. The van der Waals surface area contributed by atoms with Crippen LogP contribution in [0.25, 0.3) is 0 Å². The topological polar surface area (TPSA) is 49.8 Å². The van der Waals surface area contributed by atoms with Crippen molar-refractivity contribution >= 4 is 23.4 Å². The molecule has 0 spiro atoms. The quantitative estimate of drug-likeness (QED) is 0.805. The van der Waals surface area contributed by atoms with Gasteiger partial charge in [0.2, 0.25) is 0 Å². The van der Waals surface area contributed by atoms with Crippen LogP contribution in [-0.4, -0.2) is 34.1 Å². The maximum absolute atomic E-state index is 4.57. The van der Waals surface area contributed by atoms with Crippen LogP contribution in [0.1, 0.15) is 45.4 Å². The minimum Gasteiger partial charge on any atom is -0.370 e. The summed E-state index contributed by atoms with van der Waals surface area (Å²) in [6.45, 7) is 6.23. The molecule has 0 aromatic carbocycles. The third kappa shape index (κ3) is 4.85. The number of hydrogen-bond donors (Lipinski definition) is 2. The molecule has 5 heteroatoms. The van der Waals surface area contributed by atoms with Gasteiger partial charge >= 0.3 is 0 Å². The van der Waals surface area contributed by atoms with Crippen molar-refractivity contribution in [1.29, 1.82) is 0 Å². The number of aromatic nitrogens is 2. The highest BCUT2D eigenvalue weighted by atomic mass is 32.2. The zero-order valence-electron chi connectivity index (χ0n) is 12.6. The van der Waals surface area contributed by atoms with E-state index in [9.17, 15) is 0 Å². The number of nitrogens with one attached hydrogen (secondary N) is 2. The van der Waals surface area contributed by atoms with Gasteiger partial charge in [-0.25, -0.2) is 9.97 Å². The average Bonchev–Trinajstić information content (AvgIpc) is 2.51. The average molecular weight is 294 g/mol. The zero-order chi connectivity index (χ0) is 14.2. The van der Waals surface area contributed by atoms with Crippen molar-refractivity contribution in [2.24, 2.45) is 0 Å². The van der Waals surface area contributed by atoms with Gasteiger partial charge in [-0.15, -0.1) is 0 Å². The number of anilines is 2. The predicted octanol–water partition coefficient (Wildman–Crippen LogP) is 3.56. The van der Waals surface area contributed by atoms with Crippen molar-refractivity contribution < 1.29 is 0 Å². The molecular formula is C15H26N4S. The maximum atomic E-state index is 4.57. The van der Waals surface area contributed by atoms with Gasteiger partial charge in [-0.3, -0.25) is 0 Å². The van der Waals surface area contributed by atoms with E-state index < -0.39 is 0 Å². The summed E-state index contributed by atoms with van der Waals surface area (Å²) < 4.78 is 0. The summed E-state index contributed by atoms with van der Waals surface area (Å²) in [6.07, 6.45) is 6.04. The molecule has 1 unspecified atom stereocenters. The first-order chi connectivity index (χ1) is 9.81. The summed E-state index contributed by atoms with van der Waals surface area (Å²) in [5.74, 6) is 4.11. The molecule has 1 atom stereocenters. The Hall–Kier alpha value is -0.970. The van der Waals surface area contributed by atoms with Crippen LogP contribution < -0.4 is 10.6 Å². The smallest absolute Gasteiger partial charge is 0.132 e. The third-order valence-corrected chi connectivity index (χ3v) is 4.83. The van der Waals surface area contributed by atoms with Crippen LogP contribution in [0.2, 0.25) is 0 Å². The molecule has 0 aliphatic carbocycles. The van der Waals surface area contributed by atoms with Crippen molar-refractivity contribution in [3.05, 3.63) is 11.9 Å². The normalized spacial score (nSPS) is 18.8. The molecule has 1 aromatic heterocycles. The van der Waals surface area contributed by atoms with Gasteiger partial charge in [0.15, 0.2) is 0 Å². The van der Waals surface area contributed by atoms with Gasteiger partial charge in [0.25, 0.3) is 0 Å². The maximum Gasteiger partial charge on any atom is 0.132 e. The Morgan fingerprint density at radius 3 is 2.65 bits per heavy atom. The molecule has 1 aliphatic heterocycles. The molecule has 0 radical (unpaired) electrons. The Morgan fingerprint density at radius 1 is 1.20 bits per heavy atom. The monoisotopic (exact) mass is 294 g/mol. The molecule has 4 nitrogen and oxygen atoms in total. The third-order valence-electron chi connectivity index (χ3n) is 3.43. The molecule has 112 valence electrons. The van der Waals surface area contributed by atoms with Gasteiger partial charge in [-0.1, -0.05) is 20.3 Å². The van der Waals surface area contributed by atoms with Gasteiger partial charge in [-0.2, -0.15) is 11.8 Å². The number of hydrogen-bond acceptors (Lipinski definition) is 5. The van der Waals surface area contributed by atoms with Gasteiger partial charge in [0, 0.05) is 30.8 Å². The van der Waals surface area contributed by atoms with Crippen LogP contribution in [-0.2, 0) is 6.42 Å². The first kappa shape index (κ1) is 15.4. The SMILES string of the molecule is CCCNc1cc(NCC2CCCCS2)nc(CC)n1. The highest BCUT2D eigenvalue weighted by Gasteiger charge is 2.14. The standard InChI is InChI=1S/C15H26N4S/c1-3-8-16-14-10-15(19-13(4-2)18-14)17-11-12-7-5-6-9-20-12/h10,12H,3-9,11H2,1-2H3,(H2,16,17,18,19). The van der Waals surface area contributed by atoms with E-state index in [4.69, 9.17) is 0 Å². The van der Waals surface area contributed by atoms with E-state index in [1.54, 1.807) is 0 Å². The Morgan fingerprint density at radius 2 is 2.00 bits per heavy atom. The van der Waals surface area contributed by atoms with E-state index in [1.807, 2.05) is 6.07 Å². The summed E-state index contributed by atoms with van der Waals surface area (Å²) in [5.41, 5.74) is 0. The van der Waals surface area contributed by atoms with Gasteiger partial charge < -0.3 is 10.6 Å². The fourth-order valence-electron chi connectivity index (χ4n) is 2.28. The Labute approximate surface area is 126 Å². The molecule has 0 amide bonds. The Bertz CT molecular complexity index is 405. The summed E-state index contributed by atoms with van der Waals surface area (Å²) >= 11 is 2.09. The minimum absolute atomic E-state index is 0.732. The van der Waals surface area contributed by atoms with Crippen molar-refractivity contribution in [3.8, 4) is 0 Å². The molecule has 20 heavy (non-hydrogen) atoms. The Kier molecular flexibility index (Phi) is 6.43. The zero-order valence-corrected chi connectivity index (χ0v) is 13.4. The van der Waals surface area contributed by atoms with Crippen LogP contribution in [0.15, 0.2) is 6.07 Å². The molecule has 0 bridgehead atoms. The lowest BCUT2D eigenvalue weighted by Gasteiger charge is -2.21. The fourth-order valence-corrected chi connectivity index (χ4v) is 3.51. The largest absolute Gasteiger partial charge is 0.370 e. The van der Waals surface area contributed by atoms with Crippen LogP contribution in [0.5, 0.6) is 0 Å². The van der Waals surface area contributed by atoms with Crippen LogP contribution in [0.3, 0.4) is 0 Å². The lowest BCUT2D eigenvalue weighted by atomic mass is 10.2. The number of thioether (sulfide) groups is 1. The second-order valence-electron chi connectivity index (χ2n) is 5.20. The Balaban J connectivity index is 1.94. The molecule has 1 aromatic rings. The highest BCUT2D eigenvalue weighted by molar-refractivity contribution is 7.99. The molecule has 2 N–H and O–H groups in total. The lowest BCUT2D eigenvalue weighted by Crippen LogP contribution is -2.21. The van der Waals surface area contributed by atoms with Crippen molar-refractivity contribution in [2.45, 2.75) is 51.2 Å². The van der Waals surface area contributed by atoms with Crippen molar-refractivity contribution in [3.63, 3.8) is 0 Å². The number of aryl methyl sites for hydroxylation is 1. The van der Waals surface area contributed by atoms with Gasteiger partial charge in [0.05, 0.1) is 0 Å². The van der Waals surface area contributed by atoms with Gasteiger partial charge in [0.1, 0.15) is 17.5 Å². The van der Waals surface area contributed by atoms with E-state index in [0.717, 1.165) is 48.6 Å². The second kappa shape index (κ2) is 8.35. The predicted molar refractivity (Wildman–Crippen MR) is 88.8 cm³/mol. The van der Waals surface area contributed by atoms with Crippen LogP contribution in [0.4, 0.5) is 11.6 Å². The lowest BCUT2D eigenvalue weighted by molar-refractivity contribution is 0.676. The van der Waals surface area contributed by atoms with Gasteiger partial charge in [-0.05, 0) is 25.0 Å². The van der Waals surface area contributed by atoms with E-state index in [-0.39, 0.29) is 0 Å². The second-order valence-corrected chi connectivity index (χ2v) is 6.61. The van der Waals surface area contributed by atoms with Crippen molar-refractivity contribution in [1.82, 2.24) is 9.97 Å². The molecule has 1 aliphatic rings. The molecular weight excluding hydrogens is 268 g/mol. The molecule has 1 saturated heterocycles. The summed E-state index contributed by atoms with van der Waals surface area (Å²) in [7, 11) is 0.